The highest BCUT2D eigenvalue weighted by atomic mass is 16.1. The van der Waals surface area contributed by atoms with E-state index in [0.717, 1.165) is 13.0 Å². The first-order chi connectivity index (χ1) is 8.51. The van der Waals surface area contributed by atoms with Crippen molar-refractivity contribution in [2.24, 2.45) is 5.73 Å². The molecule has 100 valence electrons. The highest BCUT2D eigenvalue weighted by molar-refractivity contribution is 5.74. The zero-order chi connectivity index (χ0) is 13.5. The van der Waals surface area contributed by atoms with Crippen LogP contribution in [0, 0.1) is 0 Å². The molecule has 0 aromatic carbocycles. The number of hydrogen-bond donors (Lipinski definition) is 4. The summed E-state index contributed by atoms with van der Waals surface area (Å²) in [5.41, 5.74) is 10.7. The quantitative estimate of drug-likeness (QED) is 0.563. The fourth-order valence-corrected chi connectivity index (χ4v) is 1.49. The van der Waals surface area contributed by atoms with Gasteiger partial charge >= 0.3 is 0 Å². The largest absolute Gasteiger partial charge is 0.370 e. The predicted molar refractivity (Wildman–Crippen MR) is 72.1 cm³/mol. The summed E-state index contributed by atoms with van der Waals surface area (Å²) in [4.78, 5) is 18.9. The topological polar surface area (TPSA) is 119 Å². The Hall–Kier alpha value is -2.05. The van der Waals surface area contributed by atoms with Gasteiger partial charge in [0.25, 0.3) is 0 Å². The summed E-state index contributed by atoms with van der Waals surface area (Å²) in [6, 6.07) is 1.65. The maximum Gasteiger partial charge on any atom is 0.223 e. The van der Waals surface area contributed by atoms with Crippen molar-refractivity contribution in [3.63, 3.8) is 0 Å². The number of anilines is 3. The van der Waals surface area contributed by atoms with Crippen molar-refractivity contribution >= 4 is 23.5 Å². The zero-order valence-electron chi connectivity index (χ0n) is 10.7. The Bertz CT molecular complexity index is 409. The average molecular weight is 252 g/mol. The lowest BCUT2D eigenvalue weighted by Crippen LogP contribution is -2.24. The van der Waals surface area contributed by atoms with E-state index in [2.05, 4.69) is 27.5 Å². The third-order valence-electron chi connectivity index (χ3n) is 2.20. The minimum Gasteiger partial charge on any atom is -0.370 e. The Morgan fingerprint density at radius 1 is 1.44 bits per heavy atom. The van der Waals surface area contributed by atoms with Crippen molar-refractivity contribution in [3.8, 4) is 0 Å². The van der Waals surface area contributed by atoms with Gasteiger partial charge < -0.3 is 22.1 Å². The fourth-order valence-electron chi connectivity index (χ4n) is 1.49. The molecule has 0 bridgehead atoms. The van der Waals surface area contributed by atoms with Crippen molar-refractivity contribution < 1.29 is 4.79 Å². The van der Waals surface area contributed by atoms with Crippen LogP contribution in [0.5, 0.6) is 0 Å². The maximum atomic E-state index is 10.8. The first-order valence-electron chi connectivity index (χ1n) is 5.94. The zero-order valence-corrected chi connectivity index (χ0v) is 10.7. The highest BCUT2D eigenvalue weighted by Gasteiger charge is 2.08. The SMILES string of the molecule is CCCNc1cc(NC(C)CC(N)=O)nc(N)n1. The Kier molecular flexibility index (Phi) is 5.16. The van der Waals surface area contributed by atoms with Crippen LogP contribution in [0.25, 0.3) is 0 Å². The van der Waals surface area contributed by atoms with Gasteiger partial charge in [0.05, 0.1) is 0 Å². The summed E-state index contributed by atoms with van der Waals surface area (Å²) >= 11 is 0. The van der Waals surface area contributed by atoms with E-state index in [0.29, 0.717) is 11.6 Å². The van der Waals surface area contributed by atoms with Gasteiger partial charge in [-0.15, -0.1) is 0 Å². The molecular weight excluding hydrogens is 232 g/mol. The van der Waals surface area contributed by atoms with Gasteiger partial charge in [-0.2, -0.15) is 9.97 Å². The molecule has 7 nitrogen and oxygen atoms in total. The number of nitrogens with two attached hydrogens (primary N) is 2. The van der Waals surface area contributed by atoms with Crippen LogP contribution in [0.3, 0.4) is 0 Å². The van der Waals surface area contributed by atoms with E-state index in [1.807, 2.05) is 6.92 Å². The van der Waals surface area contributed by atoms with Gasteiger partial charge in [0.2, 0.25) is 11.9 Å². The molecular formula is C11H20N6O. The monoisotopic (exact) mass is 252 g/mol. The van der Waals surface area contributed by atoms with Crippen molar-refractivity contribution in [2.45, 2.75) is 32.7 Å². The number of hydrogen-bond acceptors (Lipinski definition) is 6. The van der Waals surface area contributed by atoms with Gasteiger partial charge in [-0.3, -0.25) is 4.79 Å². The molecule has 0 saturated carbocycles. The minimum absolute atomic E-state index is 0.101. The molecule has 7 heteroatoms. The van der Waals surface area contributed by atoms with E-state index in [1.165, 1.54) is 0 Å². The number of amides is 1. The molecule has 1 amide bonds. The molecule has 1 aromatic heterocycles. The van der Waals surface area contributed by atoms with E-state index >= 15 is 0 Å². The predicted octanol–water partition coefficient (Wildman–Crippen LogP) is 0.557. The molecule has 0 spiro atoms. The summed E-state index contributed by atoms with van der Waals surface area (Å²) < 4.78 is 0. The van der Waals surface area contributed by atoms with Gasteiger partial charge in [-0.25, -0.2) is 0 Å². The van der Waals surface area contributed by atoms with Crippen molar-refractivity contribution in [2.75, 3.05) is 22.9 Å². The van der Waals surface area contributed by atoms with Crippen LogP contribution < -0.4 is 22.1 Å². The fraction of sp³-hybridized carbons (Fsp3) is 0.545. The first kappa shape index (κ1) is 14.0. The van der Waals surface area contributed by atoms with Crippen molar-refractivity contribution in [1.82, 2.24) is 9.97 Å². The number of nitrogen functional groups attached to an aromatic ring is 1. The summed E-state index contributed by atoms with van der Waals surface area (Å²) in [5.74, 6) is 1.07. The molecule has 0 fully saturated rings. The maximum absolute atomic E-state index is 10.8. The standard InChI is InChI=1S/C11H20N6O/c1-3-4-14-9-6-10(17-11(13)16-9)15-7(2)5-8(12)18/h6-7H,3-5H2,1-2H3,(H2,12,18)(H4,13,14,15,16,17). The van der Waals surface area contributed by atoms with Gasteiger partial charge in [-0.1, -0.05) is 6.92 Å². The molecule has 1 rings (SSSR count). The lowest BCUT2D eigenvalue weighted by molar-refractivity contribution is -0.118. The molecule has 6 N–H and O–H groups in total. The van der Waals surface area contributed by atoms with Crippen LogP contribution in [0.2, 0.25) is 0 Å². The third kappa shape index (κ3) is 4.86. The normalized spacial score (nSPS) is 11.9. The van der Waals surface area contributed by atoms with Crippen LogP contribution in [0.4, 0.5) is 17.6 Å². The molecule has 0 aliphatic carbocycles. The van der Waals surface area contributed by atoms with E-state index in [-0.39, 0.29) is 24.3 Å². The summed E-state index contributed by atoms with van der Waals surface area (Å²) in [5, 5.41) is 6.19. The number of nitrogens with zero attached hydrogens (tertiary/aromatic N) is 2. The Labute approximate surface area is 106 Å². The van der Waals surface area contributed by atoms with Gasteiger partial charge in [0.15, 0.2) is 0 Å². The lowest BCUT2D eigenvalue weighted by atomic mass is 10.2. The van der Waals surface area contributed by atoms with Crippen LogP contribution in [0.15, 0.2) is 6.07 Å². The average Bonchev–Trinajstić information content (AvgIpc) is 2.24. The Morgan fingerprint density at radius 3 is 2.72 bits per heavy atom. The summed E-state index contributed by atoms with van der Waals surface area (Å²) in [6.07, 6.45) is 1.23. The van der Waals surface area contributed by atoms with E-state index < -0.39 is 0 Å². The van der Waals surface area contributed by atoms with Gasteiger partial charge in [0, 0.05) is 25.1 Å². The second-order valence-corrected chi connectivity index (χ2v) is 4.14. The third-order valence-corrected chi connectivity index (χ3v) is 2.20. The molecule has 1 heterocycles. The van der Waals surface area contributed by atoms with Crippen LogP contribution in [0.1, 0.15) is 26.7 Å². The van der Waals surface area contributed by atoms with E-state index in [1.54, 1.807) is 6.07 Å². The molecule has 0 aliphatic heterocycles. The Balaban J connectivity index is 2.69. The molecule has 0 aliphatic rings. The molecule has 1 atom stereocenters. The smallest absolute Gasteiger partial charge is 0.223 e. The van der Waals surface area contributed by atoms with Crippen molar-refractivity contribution in [3.05, 3.63) is 6.07 Å². The molecule has 18 heavy (non-hydrogen) atoms. The molecule has 0 saturated heterocycles. The summed E-state index contributed by atoms with van der Waals surface area (Å²) in [7, 11) is 0. The number of nitrogens with one attached hydrogen (secondary N) is 2. The number of carbonyl (C=O) groups excluding carboxylic acids is 1. The van der Waals surface area contributed by atoms with Crippen LogP contribution >= 0.6 is 0 Å². The molecule has 1 unspecified atom stereocenters. The number of aromatic nitrogens is 2. The Morgan fingerprint density at radius 2 is 2.11 bits per heavy atom. The van der Waals surface area contributed by atoms with Gasteiger partial charge in [0.1, 0.15) is 11.6 Å². The molecule has 0 radical (unpaired) electrons. The van der Waals surface area contributed by atoms with Crippen molar-refractivity contribution in [1.29, 1.82) is 0 Å². The van der Waals surface area contributed by atoms with Gasteiger partial charge in [-0.05, 0) is 13.3 Å². The highest BCUT2D eigenvalue weighted by Crippen LogP contribution is 2.14. The van der Waals surface area contributed by atoms with E-state index in [9.17, 15) is 4.79 Å². The van der Waals surface area contributed by atoms with Crippen LogP contribution in [-0.4, -0.2) is 28.5 Å². The minimum atomic E-state index is -0.360. The number of primary amides is 1. The number of carbonyl (C=O) groups is 1. The summed E-state index contributed by atoms with van der Waals surface area (Å²) in [6.45, 7) is 4.72. The lowest BCUT2D eigenvalue weighted by Gasteiger charge is -2.14. The second kappa shape index (κ2) is 6.63. The first-order valence-corrected chi connectivity index (χ1v) is 5.94. The molecule has 1 aromatic rings. The number of rotatable bonds is 7. The van der Waals surface area contributed by atoms with E-state index in [4.69, 9.17) is 11.5 Å². The second-order valence-electron chi connectivity index (χ2n) is 4.14. The van der Waals surface area contributed by atoms with Crippen LogP contribution in [-0.2, 0) is 4.79 Å².